The van der Waals surface area contributed by atoms with Gasteiger partial charge in [-0.25, -0.2) is 4.39 Å². The van der Waals surface area contributed by atoms with Crippen molar-refractivity contribution in [2.45, 2.75) is 51.2 Å². The number of rotatable bonds is 4. The molecule has 1 aromatic heterocycles. The second kappa shape index (κ2) is 6.71. The molecule has 0 unspecified atom stereocenters. The SMILES string of the molecule is COC1CCC(NC(=O)Cc2c(C)[nH]c3ccc(F)cc23)CC1. The average Bonchev–Trinajstić information content (AvgIpc) is 2.84. The summed E-state index contributed by atoms with van der Waals surface area (Å²) >= 11 is 0. The number of amides is 1. The Balaban J connectivity index is 1.66. The van der Waals surface area contributed by atoms with E-state index in [1.165, 1.54) is 12.1 Å². The Hall–Kier alpha value is -1.88. The lowest BCUT2D eigenvalue weighted by atomic mass is 9.92. The number of nitrogens with one attached hydrogen (secondary N) is 2. The normalized spacial score (nSPS) is 21.5. The van der Waals surface area contributed by atoms with Crippen LogP contribution in [0.3, 0.4) is 0 Å². The summed E-state index contributed by atoms with van der Waals surface area (Å²) in [6, 6.07) is 4.85. The van der Waals surface area contributed by atoms with Gasteiger partial charge in [-0.2, -0.15) is 0 Å². The Kier molecular flexibility index (Phi) is 4.66. The molecule has 4 nitrogen and oxygen atoms in total. The van der Waals surface area contributed by atoms with E-state index in [1.807, 2.05) is 6.92 Å². The molecule has 1 heterocycles. The number of fused-ring (bicyclic) bond motifs is 1. The first-order valence-electron chi connectivity index (χ1n) is 8.15. The molecule has 0 aliphatic heterocycles. The lowest BCUT2D eigenvalue weighted by Gasteiger charge is -2.28. The van der Waals surface area contributed by atoms with Gasteiger partial charge in [0.2, 0.25) is 5.91 Å². The molecular formula is C18H23FN2O2. The van der Waals surface area contributed by atoms with E-state index in [1.54, 1.807) is 13.2 Å². The summed E-state index contributed by atoms with van der Waals surface area (Å²) < 4.78 is 18.8. The van der Waals surface area contributed by atoms with Crippen LogP contribution >= 0.6 is 0 Å². The van der Waals surface area contributed by atoms with Gasteiger partial charge in [-0.05, 0) is 56.4 Å². The summed E-state index contributed by atoms with van der Waals surface area (Å²) in [5, 5.41) is 3.90. The van der Waals surface area contributed by atoms with Gasteiger partial charge in [0, 0.05) is 29.7 Å². The van der Waals surface area contributed by atoms with Crippen LogP contribution in [0, 0.1) is 12.7 Å². The van der Waals surface area contributed by atoms with Crippen LogP contribution in [0.4, 0.5) is 4.39 Å². The standard InChI is InChI=1S/C18H23FN2O2/c1-11-15(16-9-12(19)3-8-17(16)20-11)10-18(22)21-13-4-6-14(23-2)7-5-13/h3,8-9,13-14,20H,4-7,10H2,1-2H3,(H,21,22). The van der Waals surface area contributed by atoms with E-state index >= 15 is 0 Å². The molecule has 5 heteroatoms. The second-order valence-corrected chi connectivity index (χ2v) is 6.37. The highest BCUT2D eigenvalue weighted by Crippen LogP contribution is 2.24. The van der Waals surface area contributed by atoms with Crippen LogP contribution in [0.1, 0.15) is 36.9 Å². The Morgan fingerprint density at radius 3 is 2.78 bits per heavy atom. The maximum absolute atomic E-state index is 13.5. The first-order chi connectivity index (χ1) is 11.1. The topological polar surface area (TPSA) is 54.1 Å². The van der Waals surface area contributed by atoms with Crippen molar-refractivity contribution < 1.29 is 13.9 Å². The lowest BCUT2D eigenvalue weighted by Crippen LogP contribution is -2.39. The summed E-state index contributed by atoms with van der Waals surface area (Å²) in [6.45, 7) is 1.92. The van der Waals surface area contributed by atoms with E-state index in [4.69, 9.17) is 4.74 Å². The Labute approximate surface area is 135 Å². The van der Waals surface area contributed by atoms with Gasteiger partial charge in [-0.1, -0.05) is 0 Å². The van der Waals surface area contributed by atoms with Crippen LogP contribution in [0.15, 0.2) is 18.2 Å². The molecule has 0 atom stereocenters. The number of aromatic amines is 1. The molecule has 1 fully saturated rings. The first kappa shape index (κ1) is 16.0. The molecule has 0 spiro atoms. The lowest BCUT2D eigenvalue weighted by molar-refractivity contribution is -0.121. The number of benzene rings is 1. The van der Waals surface area contributed by atoms with Crippen LogP contribution in [-0.2, 0) is 16.0 Å². The average molecular weight is 318 g/mol. The summed E-state index contributed by atoms with van der Waals surface area (Å²) in [6.07, 6.45) is 4.47. The zero-order chi connectivity index (χ0) is 16.4. The maximum Gasteiger partial charge on any atom is 0.224 e. The van der Waals surface area contributed by atoms with E-state index in [0.717, 1.165) is 47.8 Å². The molecule has 0 saturated heterocycles. The number of methoxy groups -OCH3 is 1. The smallest absolute Gasteiger partial charge is 0.224 e. The number of aryl methyl sites for hydroxylation is 1. The fraction of sp³-hybridized carbons (Fsp3) is 0.500. The van der Waals surface area contributed by atoms with Gasteiger partial charge in [0.25, 0.3) is 0 Å². The summed E-state index contributed by atoms with van der Waals surface area (Å²) in [5.74, 6) is -0.282. The zero-order valence-corrected chi connectivity index (χ0v) is 13.6. The molecule has 1 aliphatic rings. The van der Waals surface area contributed by atoms with Crippen molar-refractivity contribution in [1.82, 2.24) is 10.3 Å². The van der Waals surface area contributed by atoms with E-state index in [9.17, 15) is 9.18 Å². The molecule has 1 aromatic carbocycles. The molecule has 0 radical (unpaired) electrons. The Morgan fingerprint density at radius 1 is 1.35 bits per heavy atom. The molecule has 0 bridgehead atoms. The number of halogens is 1. The molecule has 23 heavy (non-hydrogen) atoms. The number of hydrogen-bond donors (Lipinski definition) is 2. The highest BCUT2D eigenvalue weighted by molar-refractivity contribution is 5.90. The first-order valence-corrected chi connectivity index (χ1v) is 8.15. The van der Waals surface area contributed by atoms with Gasteiger partial charge in [0.15, 0.2) is 0 Å². The van der Waals surface area contributed by atoms with Crippen molar-refractivity contribution in [1.29, 1.82) is 0 Å². The maximum atomic E-state index is 13.5. The van der Waals surface area contributed by atoms with Gasteiger partial charge < -0.3 is 15.0 Å². The third-order valence-corrected chi connectivity index (χ3v) is 4.79. The second-order valence-electron chi connectivity index (χ2n) is 6.37. The Morgan fingerprint density at radius 2 is 2.09 bits per heavy atom. The van der Waals surface area contributed by atoms with Gasteiger partial charge >= 0.3 is 0 Å². The van der Waals surface area contributed by atoms with Crippen LogP contribution in [-0.4, -0.2) is 30.1 Å². The van der Waals surface area contributed by atoms with Crippen LogP contribution in [0.25, 0.3) is 10.9 Å². The van der Waals surface area contributed by atoms with Crippen LogP contribution in [0.2, 0.25) is 0 Å². The van der Waals surface area contributed by atoms with E-state index in [2.05, 4.69) is 10.3 Å². The predicted molar refractivity (Wildman–Crippen MR) is 87.9 cm³/mol. The molecular weight excluding hydrogens is 295 g/mol. The minimum absolute atomic E-state index is 0.000807. The van der Waals surface area contributed by atoms with Crippen LogP contribution < -0.4 is 5.32 Å². The van der Waals surface area contributed by atoms with Crippen molar-refractivity contribution in [3.05, 3.63) is 35.3 Å². The number of ether oxygens (including phenoxy) is 1. The number of hydrogen-bond acceptors (Lipinski definition) is 2. The minimum atomic E-state index is -0.281. The van der Waals surface area contributed by atoms with Crippen molar-refractivity contribution >= 4 is 16.8 Å². The summed E-state index contributed by atoms with van der Waals surface area (Å²) in [5.41, 5.74) is 2.67. The third-order valence-electron chi connectivity index (χ3n) is 4.79. The van der Waals surface area contributed by atoms with Crippen LogP contribution in [0.5, 0.6) is 0 Å². The molecule has 1 aliphatic carbocycles. The fourth-order valence-electron chi connectivity index (χ4n) is 3.46. The highest BCUT2D eigenvalue weighted by Gasteiger charge is 2.22. The van der Waals surface area contributed by atoms with Gasteiger partial charge in [-0.15, -0.1) is 0 Å². The molecule has 3 rings (SSSR count). The molecule has 1 saturated carbocycles. The molecule has 2 N–H and O–H groups in total. The number of aromatic nitrogens is 1. The van der Waals surface area contributed by atoms with E-state index in [-0.39, 0.29) is 24.2 Å². The fourth-order valence-corrected chi connectivity index (χ4v) is 3.46. The van der Waals surface area contributed by atoms with Gasteiger partial charge in [-0.3, -0.25) is 4.79 Å². The van der Waals surface area contributed by atoms with Gasteiger partial charge in [0.1, 0.15) is 5.82 Å². The van der Waals surface area contributed by atoms with Crippen molar-refractivity contribution in [3.8, 4) is 0 Å². The van der Waals surface area contributed by atoms with Crippen molar-refractivity contribution in [2.75, 3.05) is 7.11 Å². The summed E-state index contributed by atoms with van der Waals surface area (Å²) in [4.78, 5) is 15.6. The number of carbonyl (C=O) groups excluding carboxylic acids is 1. The van der Waals surface area contributed by atoms with Crippen molar-refractivity contribution in [3.63, 3.8) is 0 Å². The molecule has 2 aromatic rings. The molecule has 124 valence electrons. The number of carbonyl (C=O) groups is 1. The quantitative estimate of drug-likeness (QED) is 0.909. The monoisotopic (exact) mass is 318 g/mol. The van der Waals surface area contributed by atoms with E-state index in [0.29, 0.717) is 6.10 Å². The largest absolute Gasteiger partial charge is 0.381 e. The Bertz CT molecular complexity index is 702. The predicted octanol–water partition coefficient (Wildman–Crippen LogP) is 3.23. The van der Waals surface area contributed by atoms with Gasteiger partial charge in [0.05, 0.1) is 12.5 Å². The minimum Gasteiger partial charge on any atom is -0.381 e. The highest BCUT2D eigenvalue weighted by atomic mass is 19.1. The molecule has 1 amide bonds. The third kappa shape index (κ3) is 3.55. The van der Waals surface area contributed by atoms with E-state index < -0.39 is 0 Å². The summed E-state index contributed by atoms with van der Waals surface area (Å²) in [7, 11) is 1.74. The van der Waals surface area contributed by atoms with Crippen molar-refractivity contribution in [2.24, 2.45) is 0 Å². The zero-order valence-electron chi connectivity index (χ0n) is 13.6. The number of H-pyrrole nitrogens is 1.